The molecule has 13 heavy (non-hydrogen) atoms. The van der Waals surface area contributed by atoms with Gasteiger partial charge in [0.05, 0.1) is 4.90 Å². The first-order valence-corrected chi connectivity index (χ1v) is 5.06. The molecule has 0 spiro atoms. The van der Waals surface area contributed by atoms with Gasteiger partial charge in [0, 0.05) is 6.20 Å². The average molecular weight is 199 g/mol. The predicted molar refractivity (Wildman–Crippen MR) is 45.8 cm³/mol. The van der Waals surface area contributed by atoms with Crippen molar-refractivity contribution >= 4 is 16.1 Å². The number of hydrogen-bond donors (Lipinski definition) is 1. The molecule has 0 atom stereocenters. The van der Waals surface area contributed by atoms with Crippen LogP contribution in [0.4, 0.5) is 4.39 Å². The Morgan fingerprint density at radius 2 is 2.08 bits per heavy atom. The van der Waals surface area contributed by atoms with Crippen molar-refractivity contribution in [2.45, 2.75) is 4.90 Å². The highest BCUT2D eigenvalue weighted by Crippen LogP contribution is 2.21. The molecular weight excluding hydrogens is 193 g/mol. The number of benzene rings is 1. The Labute approximate surface area is 74.9 Å². The molecule has 0 aliphatic carbocycles. The Hall–Kier alpha value is -1.36. The van der Waals surface area contributed by atoms with Crippen LogP contribution in [-0.2, 0) is 10.0 Å². The summed E-state index contributed by atoms with van der Waals surface area (Å²) < 4.78 is 37.5. The maximum absolute atomic E-state index is 12.7. The first-order valence-electron chi connectivity index (χ1n) is 3.58. The molecule has 68 valence electrons. The van der Waals surface area contributed by atoms with Gasteiger partial charge in [-0.15, -0.1) is 0 Å². The molecule has 1 aromatic rings. The Balaban J connectivity index is 2.75. The van der Waals surface area contributed by atoms with Gasteiger partial charge >= 0.3 is 0 Å². The van der Waals surface area contributed by atoms with E-state index in [1.807, 2.05) is 0 Å². The number of sulfonamides is 1. The summed E-state index contributed by atoms with van der Waals surface area (Å²) in [5, 5.41) is 0. The van der Waals surface area contributed by atoms with Crippen LogP contribution in [0.5, 0.6) is 0 Å². The van der Waals surface area contributed by atoms with Crippen molar-refractivity contribution in [1.29, 1.82) is 0 Å². The van der Waals surface area contributed by atoms with Gasteiger partial charge in [-0.2, -0.15) is 0 Å². The van der Waals surface area contributed by atoms with Crippen molar-refractivity contribution in [2.24, 2.45) is 0 Å². The zero-order valence-electron chi connectivity index (χ0n) is 6.49. The molecule has 0 unspecified atom stereocenters. The van der Waals surface area contributed by atoms with Gasteiger partial charge in [-0.3, -0.25) is 4.72 Å². The second-order valence-corrected chi connectivity index (χ2v) is 4.32. The molecule has 0 radical (unpaired) electrons. The molecule has 1 aliphatic heterocycles. The van der Waals surface area contributed by atoms with Crippen molar-refractivity contribution in [3.63, 3.8) is 0 Å². The number of rotatable bonds is 0. The summed E-state index contributed by atoms with van der Waals surface area (Å²) in [7, 11) is -3.46. The highest BCUT2D eigenvalue weighted by molar-refractivity contribution is 7.89. The van der Waals surface area contributed by atoms with E-state index >= 15 is 0 Å². The van der Waals surface area contributed by atoms with Gasteiger partial charge in [0.25, 0.3) is 10.0 Å². The number of hydrogen-bond acceptors (Lipinski definition) is 2. The summed E-state index contributed by atoms with van der Waals surface area (Å²) in [6.07, 6.45) is 2.79. The van der Waals surface area contributed by atoms with E-state index in [0.29, 0.717) is 5.56 Å². The van der Waals surface area contributed by atoms with Gasteiger partial charge in [0.1, 0.15) is 5.82 Å². The third-order valence-corrected chi connectivity index (χ3v) is 3.14. The van der Waals surface area contributed by atoms with Crippen LogP contribution in [0.15, 0.2) is 29.3 Å². The van der Waals surface area contributed by atoms with E-state index in [0.717, 1.165) is 6.07 Å². The lowest BCUT2D eigenvalue weighted by molar-refractivity contribution is 0.588. The zero-order valence-corrected chi connectivity index (χ0v) is 7.31. The molecule has 0 bridgehead atoms. The van der Waals surface area contributed by atoms with E-state index in [4.69, 9.17) is 0 Å². The van der Waals surface area contributed by atoms with Gasteiger partial charge in [-0.1, -0.05) is 0 Å². The number of halogens is 1. The van der Waals surface area contributed by atoms with Crippen LogP contribution >= 0.6 is 0 Å². The topological polar surface area (TPSA) is 46.2 Å². The van der Waals surface area contributed by atoms with Gasteiger partial charge in [-0.05, 0) is 29.8 Å². The summed E-state index contributed by atoms with van der Waals surface area (Å²) in [4.78, 5) is 0.108. The molecular formula is C8H6FNO2S. The molecule has 1 aliphatic rings. The summed E-state index contributed by atoms with van der Waals surface area (Å²) in [5.41, 5.74) is 0.374. The average Bonchev–Trinajstić information content (AvgIpc) is 2.02. The summed E-state index contributed by atoms with van der Waals surface area (Å²) in [6, 6.07) is 3.55. The van der Waals surface area contributed by atoms with Crippen LogP contribution < -0.4 is 4.72 Å². The maximum atomic E-state index is 12.7. The quantitative estimate of drug-likeness (QED) is 0.679. The fourth-order valence-electron chi connectivity index (χ4n) is 1.17. The van der Waals surface area contributed by atoms with Gasteiger partial charge in [0.15, 0.2) is 0 Å². The Bertz CT molecular complexity index is 479. The molecule has 2 rings (SSSR count). The van der Waals surface area contributed by atoms with E-state index in [1.54, 1.807) is 0 Å². The van der Waals surface area contributed by atoms with Crippen molar-refractivity contribution in [1.82, 2.24) is 4.72 Å². The van der Waals surface area contributed by atoms with Crippen LogP contribution in [-0.4, -0.2) is 8.42 Å². The highest BCUT2D eigenvalue weighted by Gasteiger charge is 2.19. The third-order valence-electron chi connectivity index (χ3n) is 1.75. The van der Waals surface area contributed by atoms with Crippen molar-refractivity contribution in [3.8, 4) is 0 Å². The monoisotopic (exact) mass is 199 g/mol. The molecule has 1 aromatic carbocycles. The molecule has 1 heterocycles. The van der Waals surface area contributed by atoms with Gasteiger partial charge in [0.2, 0.25) is 0 Å². The smallest absolute Gasteiger partial charge is 0.262 e. The molecule has 0 saturated carbocycles. The highest BCUT2D eigenvalue weighted by atomic mass is 32.2. The normalized spacial score (nSPS) is 17.6. The third kappa shape index (κ3) is 1.31. The van der Waals surface area contributed by atoms with E-state index in [1.165, 1.54) is 24.4 Å². The van der Waals surface area contributed by atoms with Crippen LogP contribution in [0.2, 0.25) is 0 Å². The second kappa shape index (κ2) is 2.56. The minimum Gasteiger partial charge on any atom is -0.286 e. The zero-order chi connectivity index (χ0) is 9.47. The second-order valence-electron chi connectivity index (χ2n) is 2.64. The van der Waals surface area contributed by atoms with Crippen LogP contribution in [0.3, 0.4) is 0 Å². The molecule has 0 fully saturated rings. The maximum Gasteiger partial charge on any atom is 0.262 e. The van der Waals surface area contributed by atoms with Crippen LogP contribution in [0.1, 0.15) is 5.56 Å². The minimum absolute atomic E-state index is 0.108. The Kier molecular flexibility index (Phi) is 1.63. The summed E-state index contributed by atoms with van der Waals surface area (Å²) in [6.45, 7) is 0. The molecule has 0 saturated heterocycles. The van der Waals surface area contributed by atoms with Crippen LogP contribution in [0.25, 0.3) is 6.08 Å². The van der Waals surface area contributed by atoms with Crippen molar-refractivity contribution < 1.29 is 12.8 Å². The van der Waals surface area contributed by atoms with E-state index in [9.17, 15) is 12.8 Å². The predicted octanol–water partition coefficient (Wildman–Crippen LogP) is 1.09. The van der Waals surface area contributed by atoms with Gasteiger partial charge in [-0.25, -0.2) is 12.8 Å². The lowest BCUT2D eigenvalue weighted by Crippen LogP contribution is -2.21. The van der Waals surface area contributed by atoms with Gasteiger partial charge < -0.3 is 0 Å². The molecule has 3 nitrogen and oxygen atoms in total. The fourth-order valence-corrected chi connectivity index (χ4v) is 2.23. The standard InChI is InChI=1S/C8H6FNO2S/c9-7-1-2-8-6(5-7)3-4-10-13(8,11)12/h1-5,10H. The summed E-state index contributed by atoms with van der Waals surface area (Å²) >= 11 is 0. The molecule has 5 heteroatoms. The van der Waals surface area contributed by atoms with E-state index in [2.05, 4.69) is 4.72 Å². The number of fused-ring (bicyclic) bond motifs is 1. The van der Waals surface area contributed by atoms with E-state index < -0.39 is 15.8 Å². The minimum atomic E-state index is -3.46. The molecule has 1 N–H and O–H groups in total. The fraction of sp³-hybridized carbons (Fsp3) is 0. The summed E-state index contributed by atoms with van der Waals surface area (Å²) in [5.74, 6) is -0.444. The first-order chi connectivity index (χ1) is 6.09. The van der Waals surface area contributed by atoms with Crippen molar-refractivity contribution in [3.05, 3.63) is 35.8 Å². The Morgan fingerprint density at radius 3 is 2.85 bits per heavy atom. The lowest BCUT2D eigenvalue weighted by Gasteiger charge is -2.11. The molecule has 0 aromatic heterocycles. The largest absolute Gasteiger partial charge is 0.286 e. The van der Waals surface area contributed by atoms with Crippen LogP contribution in [0, 0.1) is 5.82 Å². The molecule has 0 amide bonds. The Morgan fingerprint density at radius 1 is 1.31 bits per heavy atom. The SMILES string of the molecule is O=S1(=O)NC=Cc2cc(F)ccc21. The van der Waals surface area contributed by atoms with Crippen molar-refractivity contribution in [2.75, 3.05) is 0 Å². The number of nitrogens with one attached hydrogen (secondary N) is 1. The van der Waals surface area contributed by atoms with E-state index in [-0.39, 0.29) is 4.90 Å². The first kappa shape index (κ1) is 8.25. The lowest BCUT2D eigenvalue weighted by atomic mass is 10.2.